The van der Waals surface area contributed by atoms with Crippen molar-refractivity contribution in [2.24, 2.45) is 0 Å². The second-order valence-corrected chi connectivity index (χ2v) is 6.15. The van der Waals surface area contributed by atoms with E-state index in [1.807, 2.05) is 31.2 Å². The highest BCUT2D eigenvalue weighted by Crippen LogP contribution is 2.26. The third kappa shape index (κ3) is 4.91. The van der Waals surface area contributed by atoms with E-state index in [0.717, 1.165) is 18.6 Å². The number of fused-ring (bicyclic) bond motifs is 1. The van der Waals surface area contributed by atoms with Gasteiger partial charge in [0, 0.05) is 0 Å². The average Bonchev–Trinajstić information content (AvgIpc) is 3.12. The highest BCUT2D eigenvalue weighted by Gasteiger charge is 2.11. The summed E-state index contributed by atoms with van der Waals surface area (Å²) in [6.45, 7) is 3.27. The quantitative estimate of drug-likeness (QED) is 0.702. The predicted molar refractivity (Wildman–Crippen MR) is 100 cm³/mol. The van der Waals surface area contributed by atoms with Gasteiger partial charge in [-0.25, -0.2) is 0 Å². The first-order valence-corrected chi connectivity index (χ1v) is 9.12. The number of benzene rings is 2. The molecule has 2 aromatic rings. The largest absolute Gasteiger partial charge is 0.492 e. The van der Waals surface area contributed by atoms with E-state index in [1.54, 1.807) is 6.07 Å². The fourth-order valence-corrected chi connectivity index (χ4v) is 3.04. The SMILES string of the molecule is CCOc1ccccc1OCC(=O)NCCOc1ccc2c(c1)CCC2. The van der Waals surface area contributed by atoms with Gasteiger partial charge in [0.05, 0.1) is 13.2 Å². The lowest BCUT2D eigenvalue weighted by Crippen LogP contribution is -2.32. The predicted octanol–water partition coefficient (Wildman–Crippen LogP) is 3.15. The molecular weight excluding hydrogens is 330 g/mol. The summed E-state index contributed by atoms with van der Waals surface area (Å²) >= 11 is 0. The Bertz CT molecular complexity index is 745. The molecule has 26 heavy (non-hydrogen) atoms. The molecular formula is C21H25NO4. The number of aryl methyl sites for hydroxylation is 2. The molecule has 0 aromatic heterocycles. The molecule has 3 rings (SSSR count). The topological polar surface area (TPSA) is 56.8 Å². The smallest absolute Gasteiger partial charge is 0.258 e. The molecule has 1 aliphatic carbocycles. The van der Waals surface area contributed by atoms with Crippen molar-refractivity contribution in [2.45, 2.75) is 26.2 Å². The molecule has 0 aliphatic heterocycles. The Labute approximate surface area is 154 Å². The zero-order valence-corrected chi connectivity index (χ0v) is 15.1. The molecule has 0 bridgehead atoms. The first kappa shape index (κ1) is 18.1. The number of ether oxygens (including phenoxy) is 3. The number of amides is 1. The fourth-order valence-electron chi connectivity index (χ4n) is 3.04. The molecule has 0 fully saturated rings. The van der Waals surface area contributed by atoms with E-state index in [-0.39, 0.29) is 12.5 Å². The summed E-state index contributed by atoms with van der Waals surface area (Å²) in [6, 6.07) is 13.6. The molecule has 5 heteroatoms. The number of rotatable bonds is 9. The summed E-state index contributed by atoms with van der Waals surface area (Å²) in [5.41, 5.74) is 2.81. The van der Waals surface area contributed by atoms with Crippen LogP contribution in [0.4, 0.5) is 0 Å². The van der Waals surface area contributed by atoms with E-state index in [9.17, 15) is 4.79 Å². The lowest BCUT2D eigenvalue weighted by molar-refractivity contribution is -0.123. The van der Waals surface area contributed by atoms with Gasteiger partial charge in [0.25, 0.3) is 5.91 Å². The highest BCUT2D eigenvalue weighted by atomic mass is 16.5. The van der Waals surface area contributed by atoms with Crippen LogP contribution in [0.25, 0.3) is 0 Å². The van der Waals surface area contributed by atoms with Gasteiger partial charge < -0.3 is 19.5 Å². The van der Waals surface area contributed by atoms with Crippen molar-refractivity contribution in [2.75, 3.05) is 26.4 Å². The third-order valence-corrected chi connectivity index (χ3v) is 4.27. The molecule has 0 saturated heterocycles. The van der Waals surface area contributed by atoms with Gasteiger partial charge in [0.2, 0.25) is 0 Å². The Morgan fingerprint density at radius 3 is 2.58 bits per heavy atom. The molecule has 5 nitrogen and oxygen atoms in total. The Morgan fingerprint density at radius 2 is 1.77 bits per heavy atom. The van der Waals surface area contributed by atoms with Crippen molar-refractivity contribution in [3.8, 4) is 17.2 Å². The van der Waals surface area contributed by atoms with E-state index in [4.69, 9.17) is 14.2 Å². The molecule has 0 atom stereocenters. The molecule has 1 aliphatic rings. The second kappa shape index (κ2) is 9.13. The van der Waals surface area contributed by atoms with Crippen LogP contribution in [0.3, 0.4) is 0 Å². The fraction of sp³-hybridized carbons (Fsp3) is 0.381. The Balaban J connectivity index is 1.37. The summed E-state index contributed by atoms with van der Waals surface area (Å²) in [5, 5.41) is 2.80. The van der Waals surface area contributed by atoms with Crippen LogP contribution >= 0.6 is 0 Å². The van der Waals surface area contributed by atoms with Crippen LogP contribution in [0.5, 0.6) is 17.2 Å². The van der Waals surface area contributed by atoms with Crippen molar-refractivity contribution in [1.29, 1.82) is 0 Å². The summed E-state index contributed by atoms with van der Waals surface area (Å²) in [5.74, 6) is 1.89. The molecule has 1 amide bonds. The van der Waals surface area contributed by atoms with Crippen LogP contribution in [-0.4, -0.2) is 32.3 Å². The maximum atomic E-state index is 11.9. The lowest BCUT2D eigenvalue weighted by atomic mass is 10.1. The number of carbonyl (C=O) groups excluding carboxylic acids is 1. The van der Waals surface area contributed by atoms with Crippen molar-refractivity contribution in [1.82, 2.24) is 5.32 Å². The van der Waals surface area contributed by atoms with Gasteiger partial charge in [0.1, 0.15) is 12.4 Å². The molecule has 2 aromatic carbocycles. The summed E-state index contributed by atoms with van der Waals surface area (Å²) in [4.78, 5) is 11.9. The number of carbonyl (C=O) groups is 1. The van der Waals surface area contributed by atoms with Crippen molar-refractivity contribution in [3.63, 3.8) is 0 Å². The number of hydrogen-bond acceptors (Lipinski definition) is 4. The zero-order valence-electron chi connectivity index (χ0n) is 15.1. The normalized spacial score (nSPS) is 12.3. The van der Waals surface area contributed by atoms with Crippen molar-refractivity contribution >= 4 is 5.91 Å². The minimum atomic E-state index is -0.186. The second-order valence-electron chi connectivity index (χ2n) is 6.15. The van der Waals surface area contributed by atoms with Gasteiger partial charge in [-0.1, -0.05) is 18.2 Å². The average molecular weight is 355 g/mol. The van der Waals surface area contributed by atoms with Crippen LogP contribution < -0.4 is 19.5 Å². The van der Waals surface area contributed by atoms with E-state index in [0.29, 0.717) is 31.3 Å². The highest BCUT2D eigenvalue weighted by molar-refractivity contribution is 5.77. The monoisotopic (exact) mass is 355 g/mol. The number of para-hydroxylation sites is 2. The molecule has 0 radical (unpaired) electrons. The standard InChI is InChI=1S/C21H25NO4/c1-2-24-19-8-3-4-9-20(19)26-15-21(23)22-12-13-25-18-11-10-16-6-5-7-17(16)14-18/h3-4,8-11,14H,2,5-7,12-13,15H2,1H3,(H,22,23). The van der Waals surface area contributed by atoms with Gasteiger partial charge in [-0.2, -0.15) is 0 Å². The van der Waals surface area contributed by atoms with Gasteiger partial charge in [-0.05, 0) is 61.6 Å². The van der Waals surface area contributed by atoms with Crippen LogP contribution in [0.2, 0.25) is 0 Å². The van der Waals surface area contributed by atoms with Crippen LogP contribution in [-0.2, 0) is 17.6 Å². The molecule has 138 valence electrons. The molecule has 0 unspecified atom stereocenters. The Kier molecular flexibility index (Phi) is 6.36. The minimum Gasteiger partial charge on any atom is -0.492 e. The number of nitrogens with one attached hydrogen (secondary N) is 1. The summed E-state index contributed by atoms with van der Waals surface area (Å²) < 4.78 is 16.7. The molecule has 0 saturated carbocycles. The first-order valence-electron chi connectivity index (χ1n) is 9.12. The Morgan fingerprint density at radius 1 is 1.00 bits per heavy atom. The summed E-state index contributed by atoms with van der Waals surface area (Å²) in [6.07, 6.45) is 3.52. The number of hydrogen-bond donors (Lipinski definition) is 1. The van der Waals surface area contributed by atoms with Gasteiger partial charge >= 0.3 is 0 Å². The lowest BCUT2D eigenvalue weighted by Gasteiger charge is -2.12. The van der Waals surface area contributed by atoms with Crippen LogP contribution in [0, 0.1) is 0 Å². The van der Waals surface area contributed by atoms with E-state index in [1.165, 1.54) is 17.5 Å². The first-order chi connectivity index (χ1) is 12.8. The van der Waals surface area contributed by atoms with E-state index >= 15 is 0 Å². The third-order valence-electron chi connectivity index (χ3n) is 4.27. The zero-order chi connectivity index (χ0) is 18.2. The summed E-state index contributed by atoms with van der Waals surface area (Å²) in [7, 11) is 0. The minimum absolute atomic E-state index is 0.0526. The molecule has 0 heterocycles. The van der Waals surface area contributed by atoms with Crippen molar-refractivity contribution in [3.05, 3.63) is 53.6 Å². The van der Waals surface area contributed by atoms with Crippen molar-refractivity contribution < 1.29 is 19.0 Å². The molecule has 1 N–H and O–H groups in total. The van der Waals surface area contributed by atoms with E-state index < -0.39 is 0 Å². The van der Waals surface area contributed by atoms with Gasteiger partial charge in [-0.15, -0.1) is 0 Å². The van der Waals surface area contributed by atoms with Gasteiger partial charge in [0.15, 0.2) is 18.1 Å². The maximum Gasteiger partial charge on any atom is 0.258 e. The van der Waals surface area contributed by atoms with E-state index in [2.05, 4.69) is 17.4 Å². The van der Waals surface area contributed by atoms with Crippen LogP contribution in [0.1, 0.15) is 24.5 Å². The maximum absolute atomic E-state index is 11.9. The Hall–Kier alpha value is -2.69. The van der Waals surface area contributed by atoms with Crippen LogP contribution in [0.15, 0.2) is 42.5 Å². The van der Waals surface area contributed by atoms with Gasteiger partial charge in [-0.3, -0.25) is 4.79 Å². The molecule has 0 spiro atoms.